The van der Waals surface area contributed by atoms with Gasteiger partial charge in [0.05, 0.1) is 7.11 Å². The molecular formula is C15H21FN2O3. The lowest BCUT2D eigenvalue weighted by atomic mass is 10.1. The average molecular weight is 296 g/mol. The fourth-order valence-corrected chi connectivity index (χ4v) is 2.49. The van der Waals surface area contributed by atoms with Gasteiger partial charge in [0.25, 0.3) is 0 Å². The molecule has 1 saturated heterocycles. The van der Waals surface area contributed by atoms with Crippen molar-refractivity contribution < 1.29 is 18.7 Å². The molecule has 1 aromatic rings. The van der Waals surface area contributed by atoms with Crippen LogP contribution in [0.4, 0.5) is 9.18 Å². The molecule has 5 nitrogen and oxygen atoms in total. The SMILES string of the molecule is COc1ccc(F)c(COC(=O)N2[C@H](C)CNC[C@@H]2C)c1. The Labute approximate surface area is 124 Å². The number of halogens is 1. The van der Waals surface area contributed by atoms with Crippen molar-refractivity contribution in [2.24, 2.45) is 0 Å². The monoisotopic (exact) mass is 296 g/mol. The van der Waals surface area contributed by atoms with Crippen molar-refractivity contribution in [1.29, 1.82) is 0 Å². The third kappa shape index (κ3) is 3.64. The number of nitrogens with zero attached hydrogens (tertiary/aromatic N) is 1. The predicted octanol–water partition coefficient (Wildman–Crippen LogP) is 2.15. The van der Waals surface area contributed by atoms with Crippen LogP contribution in [0.5, 0.6) is 5.75 Å². The lowest BCUT2D eigenvalue weighted by Gasteiger charge is -2.38. The molecule has 0 unspecified atom stereocenters. The first-order valence-electron chi connectivity index (χ1n) is 7.01. The van der Waals surface area contributed by atoms with Gasteiger partial charge in [0.1, 0.15) is 18.2 Å². The number of rotatable bonds is 3. The highest BCUT2D eigenvalue weighted by Gasteiger charge is 2.30. The van der Waals surface area contributed by atoms with E-state index < -0.39 is 11.9 Å². The van der Waals surface area contributed by atoms with E-state index in [1.54, 1.807) is 4.90 Å². The largest absolute Gasteiger partial charge is 0.497 e. The van der Waals surface area contributed by atoms with Gasteiger partial charge in [-0.25, -0.2) is 9.18 Å². The van der Waals surface area contributed by atoms with Crippen LogP contribution in [0.25, 0.3) is 0 Å². The van der Waals surface area contributed by atoms with Crippen LogP contribution in [0.2, 0.25) is 0 Å². The molecule has 0 spiro atoms. The number of carbonyl (C=O) groups excluding carboxylic acids is 1. The smallest absolute Gasteiger partial charge is 0.410 e. The molecule has 0 radical (unpaired) electrons. The second-order valence-electron chi connectivity index (χ2n) is 5.28. The van der Waals surface area contributed by atoms with E-state index >= 15 is 0 Å². The Hall–Kier alpha value is -1.82. The van der Waals surface area contributed by atoms with Gasteiger partial charge < -0.3 is 19.7 Å². The molecule has 1 heterocycles. The van der Waals surface area contributed by atoms with Crippen LogP contribution < -0.4 is 10.1 Å². The average Bonchev–Trinajstić information content (AvgIpc) is 2.46. The number of amides is 1. The molecule has 6 heteroatoms. The lowest BCUT2D eigenvalue weighted by Crippen LogP contribution is -2.57. The van der Waals surface area contributed by atoms with Crippen LogP contribution in [0, 0.1) is 5.82 Å². The number of methoxy groups -OCH3 is 1. The zero-order chi connectivity index (χ0) is 15.4. The summed E-state index contributed by atoms with van der Waals surface area (Å²) >= 11 is 0. The van der Waals surface area contributed by atoms with E-state index in [1.807, 2.05) is 13.8 Å². The van der Waals surface area contributed by atoms with E-state index in [1.165, 1.54) is 25.3 Å². The summed E-state index contributed by atoms with van der Waals surface area (Å²) in [5, 5.41) is 3.24. The van der Waals surface area contributed by atoms with Crippen LogP contribution in [0.1, 0.15) is 19.4 Å². The minimum absolute atomic E-state index is 0.0522. The van der Waals surface area contributed by atoms with E-state index in [-0.39, 0.29) is 18.7 Å². The number of nitrogens with one attached hydrogen (secondary N) is 1. The summed E-state index contributed by atoms with van der Waals surface area (Å²) in [5.41, 5.74) is 0.304. The molecule has 0 aromatic heterocycles. The highest BCUT2D eigenvalue weighted by molar-refractivity contribution is 5.68. The summed E-state index contributed by atoms with van der Waals surface area (Å²) < 4.78 is 24.0. The van der Waals surface area contributed by atoms with Crippen molar-refractivity contribution >= 4 is 6.09 Å². The Bertz CT molecular complexity index is 500. The highest BCUT2D eigenvalue weighted by Crippen LogP contribution is 2.18. The summed E-state index contributed by atoms with van der Waals surface area (Å²) in [7, 11) is 1.51. The molecule has 1 aromatic carbocycles. The minimum Gasteiger partial charge on any atom is -0.497 e. The molecule has 1 aliphatic rings. The third-order valence-corrected chi connectivity index (χ3v) is 3.64. The summed E-state index contributed by atoms with van der Waals surface area (Å²) in [6, 6.07) is 4.47. The first-order chi connectivity index (χ1) is 10.0. The van der Waals surface area contributed by atoms with Crippen molar-refractivity contribution in [3.05, 3.63) is 29.6 Å². The number of piperazine rings is 1. The quantitative estimate of drug-likeness (QED) is 0.928. The molecule has 21 heavy (non-hydrogen) atoms. The molecule has 2 atom stereocenters. The molecular weight excluding hydrogens is 275 g/mol. The maximum Gasteiger partial charge on any atom is 0.410 e. The van der Waals surface area contributed by atoms with Crippen LogP contribution in [0.3, 0.4) is 0 Å². The van der Waals surface area contributed by atoms with Gasteiger partial charge >= 0.3 is 6.09 Å². The Morgan fingerprint density at radius 3 is 2.67 bits per heavy atom. The van der Waals surface area contributed by atoms with Gasteiger partial charge in [-0.2, -0.15) is 0 Å². The van der Waals surface area contributed by atoms with Crippen molar-refractivity contribution in [3.63, 3.8) is 0 Å². The van der Waals surface area contributed by atoms with Gasteiger partial charge in [0.15, 0.2) is 0 Å². The molecule has 1 fully saturated rings. The van der Waals surface area contributed by atoms with Gasteiger partial charge in [-0.05, 0) is 32.0 Å². The van der Waals surface area contributed by atoms with Crippen molar-refractivity contribution in [3.8, 4) is 5.75 Å². The summed E-state index contributed by atoms with van der Waals surface area (Å²) in [6.45, 7) is 5.26. The normalized spacial score (nSPS) is 22.0. The second-order valence-corrected chi connectivity index (χ2v) is 5.28. The van der Waals surface area contributed by atoms with Crippen LogP contribution in [-0.4, -0.2) is 43.3 Å². The molecule has 2 rings (SSSR count). The minimum atomic E-state index is -0.418. The van der Waals surface area contributed by atoms with E-state index in [2.05, 4.69) is 5.32 Å². The van der Waals surface area contributed by atoms with Gasteiger partial charge in [0, 0.05) is 30.7 Å². The summed E-state index contributed by atoms with van der Waals surface area (Å²) in [4.78, 5) is 13.9. The summed E-state index contributed by atoms with van der Waals surface area (Å²) in [5.74, 6) is 0.122. The van der Waals surface area contributed by atoms with E-state index in [4.69, 9.17) is 9.47 Å². The molecule has 116 valence electrons. The highest BCUT2D eigenvalue weighted by atomic mass is 19.1. The zero-order valence-electron chi connectivity index (χ0n) is 12.6. The van der Waals surface area contributed by atoms with Gasteiger partial charge in [-0.1, -0.05) is 0 Å². The Balaban J connectivity index is 2.00. The first kappa shape index (κ1) is 15.6. The second kappa shape index (κ2) is 6.76. The van der Waals surface area contributed by atoms with Crippen LogP contribution in [0.15, 0.2) is 18.2 Å². The molecule has 1 aliphatic heterocycles. The lowest BCUT2D eigenvalue weighted by molar-refractivity contribution is 0.0557. The van der Waals surface area contributed by atoms with Crippen LogP contribution in [-0.2, 0) is 11.3 Å². The number of hydrogen-bond donors (Lipinski definition) is 1. The fraction of sp³-hybridized carbons (Fsp3) is 0.533. The molecule has 0 aliphatic carbocycles. The Kier molecular flexibility index (Phi) is 5.01. The topological polar surface area (TPSA) is 50.8 Å². The number of ether oxygens (including phenoxy) is 2. The van der Waals surface area contributed by atoms with E-state index in [0.717, 1.165) is 13.1 Å². The Morgan fingerprint density at radius 2 is 2.05 bits per heavy atom. The number of carbonyl (C=O) groups is 1. The van der Waals surface area contributed by atoms with E-state index in [9.17, 15) is 9.18 Å². The van der Waals surface area contributed by atoms with Crippen molar-refractivity contribution in [2.75, 3.05) is 20.2 Å². The standard InChI is InChI=1S/C15H21FN2O3/c1-10-7-17-8-11(2)18(10)15(19)21-9-12-6-13(20-3)4-5-14(12)16/h4-6,10-11,17H,7-9H2,1-3H3/t10-,11+. The maximum absolute atomic E-state index is 13.7. The molecule has 1 amide bonds. The van der Waals surface area contributed by atoms with Crippen molar-refractivity contribution in [1.82, 2.24) is 10.2 Å². The predicted molar refractivity (Wildman–Crippen MR) is 76.8 cm³/mol. The molecule has 1 N–H and O–H groups in total. The van der Waals surface area contributed by atoms with Gasteiger partial charge in [-0.3, -0.25) is 0 Å². The maximum atomic E-state index is 13.7. The molecule has 0 saturated carbocycles. The van der Waals surface area contributed by atoms with Gasteiger partial charge in [-0.15, -0.1) is 0 Å². The molecule has 0 bridgehead atoms. The summed E-state index contributed by atoms with van der Waals surface area (Å²) in [6.07, 6.45) is -0.418. The van der Waals surface area contributed by atoms with Crippen LogP contribution >= 0.6 is 0 Å². The fourth-order valence-electron chi connectivity index (χ4n) is 2.49. The third-order valence-electron chi connectivity index (χ3n) is 3.64. The number of hydrogen-bond acceptors (Lipinski definition) is 4. The van der Waals surface area contributed by atoms with Crippen molar-refractivity contribution in [2.45, 2.75) is 32.5 Å². The number of benzene rings is 1. The zero-order valence-corrected chi connectivity index (χ0v) is 12.6. The first-order valence-corrected chi connectivity index (χ1v) is 7.01. The van der Waals surface area contributed by atoms with Gasteiger partial charge in [0.2, 0.25) is 0 Å². The van der Waals surface area contributed by atoms with E-state index in [0.29, 0.717) is 11.3 Å². The Morgan fingerprint density at radius 1 is 1.38 bits per heavy atom.